The molecule has 6 atom stereocenters. The van der Waals surface area contributed by atoms with E-state index in [1.807, 2.05) is 0 Å². The monoisotopic (exact) mass is 389 g/mol. The smallest absolute Gasteiger partial charge is 0.187 e. The molecule has 1 heterocycles. The van der Waals surface area contributed by atoms with E-state index in [-0.39, 0.29) is 6.61 Å². The number of aliphatic hydroxyl groups is 3. The Hall–Kier alpha value is -0.500. The SMILES string of the molecule is [2H]C(CCCCCCCCCCC)O[C@H]1[C@H](O)[C@@H](CO)OC(OCC=C)[C@@H]1O. The molecule has 0 radical (unpaired) electrons. The Morgan fingerprint density at radius 2 is 1.56 bits per heavy atom. The van der Waals surface area contributed by atoms with Crippen LogP contribution in [0, 0.1) is 0 Å². The van der Waals surface area contributed by atoms with Crippen LogP contribution in [-0.4, -0.2) is 65.8 Å². The van der Waals surface area contributed by atoms with Crippen molar-refractivity contribution in [1.29, 1.82) is 0 Å². The largest absolute Gasteiger partial charge is 0.394 e. The minimum Gasteiger partial charge on any atom is -0.394 e. The maximum atomic E-state index is 10.4. The fourth-order valence-electron chi connectivity index (χ4n) is 3.23. The Labute approximate surface area is 165 Å². The fraction of sp³-hybridized carbons (Fsp3) is 0.905. The summed E-state index contributed by atoms with van der Waals surface area (Å²) in [7, 11) is 0. The van der Waals surface area contributed by atoms with Crippen molar-refractivity contribution in [2.24, 2.45) is 0 Å². The van der Waals surface area contributed by atoms with Gasteiger partial charge >= 0.3 is 0 Å². The molecule has 0 spiro atoms. The lowest BCUT2D eigenvalue weighted by Crippen LogP contribution is -2.60. The highest BCUT2D eigenvalue weighted by Crippen LogP contribution is 2.24. The average molecular weight is 390 g/mol. The van der Waals surface area contributed by atoms with E-state index in [1.165, 1.54) is 44.6 Å². The van der Waals surface area contributed by atoms with Crippen molar-refractivity contribution in [3.63, 3.8) is 0 Å². The van der Waals surface area contributed by atoms with Crippen LogP contribution in [0.2, 0.25) is 0 Å². The highest BCUT2D eigenvalue weighted by molar-refractivity contribution is 4.90. The van der Waals surface area contributed by atoms with Crippen molar-refractivity contribution in [2.75, 3.05) is 19.8 Å². The molecular formula is C21H40O6. The Morgan fingerprint density at radius 3 is 2.11 bits per heavy atom. The van der Waals surface area contributed by atoms with E-state index in [0.29, 0.717) is 6.42 Å². The molecule has 27 heavy (non-hydrogen) atoms. The van der Waals surface area contributed by atoms with E-state index in [2.05, 4.69) is 13.5 Å². The van der Waals surface area contributed by atoms with Gasteiger partial charge in [0.2, 0.25) is 0 Å². The molecule has 0 aliphatic carbocycles. The van der Waals surface area contributed by atoms with Crippen molar-refractivity contribution < 1.29 is 30.9 Å². The first-order chi connectivity index (χ1) is 13.5. The molecule has 0 saturated carbocycles. The lowest BCUT2D eigenvalue weighted by atomic mass is 9.99. The van der Waals surface area contributed by atoms with Crippen LogP contribution in [-0.2, 0) is 14.2 Å². The molecule has 0 aromatic heterocycles. The molecule has 6 heteroatoms. The zero-order chi connectivity index (χ0) is 20.8. The predicted molar refractivity (Wildman–Crippen MR) is 105 cm³/mol. The summed E-state index contributed by atoms with van der Waals surface area (Å²) in [6, 6.07) is 0. The first kappa shape index (κ1) is 22.8. The maximum Gasteiger partial charge on any atom is 0.187 e. The van der Waals surface area contributed by atoms with Crippen molar-refractivity contribution in [3.05, 3.63) is 12.7 Å². The summed E-state index contributed by atoms with van der Waals surface area (Å²) in [6.45, 7) is 4.64. The van der Waals surface area contributed by atoms with Crippen LogP contribution in [0.3, 0.4) is 0 Å². The molecule has 0 bridgehead atoms. The van der Waals surface area contributed by atoms with Gasteiger partial charge in [0.15, 0.2) is 6.29 Å². The van der Waals surface area contributed by atoms with Crippen molar-refractivity contribution >= 4 is 0 Å². The Morgan fingerprint density at radius 1 is 0.963 bits per heavy atom. The normalized spacial score (nSPS) is 30.1. The minimum absolute atomic E-state index is 0.158. The van der Waals surface area contributed by atoms with Gasteiger partial charge in [-0.1, -0.05) is 70.8 Å². The number of hydrogen-bond donors (Lipinski definition) is 3. The summed E-state index contributed by atoms with van der Waals surface area (Å²) in [4.78, 5) is 0. The Balaban J connectivity index is 2.31. The maximum absolute atomic E-state index is 10.4. The number of aliphatic hydroxyl groups excluding tert-OH is 3. The zero-order valence-electron chi connectivity index (χ0n) is 17.8. The molecule has 0 aromatic rings. The molecule has 160 valence electrons. The van der Waals surface area contributed by atoms with Gasteiger partial charge < -0.3 is 29.5 Å². The van der Waals surface area contributed by atoms with Crippen LogP contribution in [0.15, 0.2) is 12.7 Å². The molecule has 1 aliphatic rings. The molecule has 1 fully saturated rings. The second kappa shape index (κ2) is 15.4. The third kappa shape index (κ3) is 9.50. The molecule has 0 amide bonds. The van der Waals surface area contributed by atoms with Gasteiger partial charge in [0.05, 0.1) is 14.6 Å². The first-order valence-corrected chi connectivity index (χ1v) is 10.5. The van der Waals surface area contributed by atoms with Crippen molar-refractivity contribution in [1.82, 2.24) is 0 Å². The molecule has 1 rings (SSSR count). The van der Waals surface area contributed by atoms with Gasteiger partial charge in [0, 0.05) is 6.58 Å². The lowest BCUT2D eigenvalue weighted by molar-refractivity contribution is -0.305. The topological polar surface area (TPSA) is 88.4 Å². The summed E-state index contributed by atoms with van der Waals surface area (Å²) >= 11 is 0. The molecule has 0 aromatic carbocycles. The highest BCUT2D eigenvalue weighted by Gasteiger charge is 2.45. The second-order valence-corrected chi connectivity index (χ2v) is 7.21. The van der Waals surface area contributed by atoms with Gasteiger partial charge in [0.1, 0.15) is 24.4 Å². The fourth-order valence-corrected chi connectivity index (χ4v) is 3.23. The van der Waals surface area contributed by atoms with E-state index in [9.17, 15) is 15.3 Å². The van der Waals surface area contributed by atoms with Crippen LogP contribution >= 0.6 is 0 Å². The van der Waals surface area contributed by atoms with Gasteiger partial charge in [0.25, 0.3) is 0 Å². The molecule has 6 nitrogen and oxygen atoms in total. The lowest BCUT2D eigenvalue weighted by Gasteiger charge is -2.41. The first-order valence-electron chi connectivity index (χ1n) is 11.1. The predicted octanol–water partition coefficient (Wildman–Crippen LogP) is 2.93. The van der Waals surface area contributed by atoms with Gasteiger partial charge in [-0.2, -0.15) is 0 Å². The summed E-state index contributed by atoms with van der Waals surface area (Å²) in [5.41, 5.74) is 0. The van der Waals surface area contributed by atoms with E-state index in [0.717, 1.165) is 19.3 Å². The molecular weight excluding hydrogens is 348 g/mol. The van der Waals surface area contributed by atoms with Crippen molar-refractivity contribution in [3.8, 4) is 0 Å². The minimum atomic E-state index is -1.24. The third-order valence-electron chi connectivity index (χ3n) is 4.88. The van der Waals surface area contributed by atoms with Gasteiger partial charge in [-0.25, -0.2) is 0 Å². The average Bonchev–Trinajstić information content (AvgIpc) is 2.69. The molecule has 1 saturated heterocycles. The van der Waals surface area contributed by atoms with Crippen LogP contribution in [0.25, 0.3) is 0 Å². The van der Waals surface area contributed by atoms with Crippen LogP contribution in [0.4, 0.5) is 0 Å². The van der Waals surface area contributed by atoms with Gasteiger partial charge in [-0.15, -0.1) is 6.58 Å². The summed E-state index contributed by atoms with van der Waals surface area (Å²) in [5, 5.41) is 30.1. The summed E-state index contributed by atoms with van der Waals surface area (Å²) in [5.74, 6) is 0. The van der Waals surface area contributed by atoms with E-state index < -0.39 is 43.9 Å². The standard InChI is InChI=1S/C21H40O6/c1-3-5-6-7-8-9-10-11-12-13-15-25-20-18(23)17(16-22)27-21(19(20)24)26-14-4-2/h4,17-24H,2-3,5-16H2,1H3/t17-,18-,19-,20+,21?/m1/s1/i15D/t15?,17-,18-,19-,20+,21?. The Kier molecular flexibility index (Phi) is 13.0. The molecule has 1 aliphatic heterocycles. The van der Waals surface area contributed by atoms with Crippen LogP contribution in [0.5, 0.6) is 0 Å². The van der Waals surface area contributed by atoms with Crippen LogP contribution < -0.4 is 0 Å². The Bertz CT molecular complexity index is 397. The summed E-state index contributed by atoms with van der Waals surface area (Å²) < 4.78 is 24.4. The number of unbranched alkanes of at least 4 members (excludes halogenated alkanes) is 8. The second-order valence-electron chi connectivity index (χ2n) is 7.21. The zero-order valence-corrected chi connectivity index (χ0v) is 16.8. The number of rotatable bonds is 16. The molecule has 2 unspecified atom stereocenters. The third-order valence-corrected chi connectivity index (χ3v) is 4.88. The van der Waals surface area contributed by atoms with E-state index in [1.54, 1.807) is 0 Å². The highest BCUT2D eigenvalue weighted by atomic mass is 16.7. The number of ether oxygens (including phenoxy) is 3. The number of hydrogen-bond acceptors (Lipinski definition) is 6. The van der Waals surface area contributed by atoms with Gasteiger partial charge in [-0.05, 0) is 6.42 Å². The van der Waals surface area contributed by atoms with Crippen LogP contribution in [0.1, 0.15) is 72.5 Å². The van der Waals surface area contributed by atoms with Gasteiger partial charge in [-0.3, -0.25) is 0 Å². The van der Waals surface area contributed by atoms with E-state index in [4.69, 9.17) is 15.6 Å². The summed E-state index contributed by atoms with van der Waals surface area (Å²) in [6.07, 6.45) is 7.37. The molecule has 3 N–H and O–H groups in total. The van der Waals surface area contributed by atoms with Crippen molar-refractivity contribution in [2.45, 2.75) is 102 Å². The quantitative estimate of drug-likeness (QED) is 0.278. The van der Waals surface area contributed by atoms with E-state index >= 15 is 0 Å².